The molecule has 0 fully saturated rings. The van der Waals surface area contributed by atoms with Crippen molar-refractivity contribution in [2.45, 2.75) is 26.0 Å². The predicted molar refractivity (Wildman–Crippen MR) is 71.9 cm³/mol. The molecule has 0 aromatic heterocycles. The van der Waals surface area contributed by atoms with Crippen LogP contribution in [0.2, 0.25) is 0 Å². The fourth-order valence-electron chi connectivity index (χ4n) is 1.42. The third-order valence-corrected chi connectivity index (χ3v) is 3.47. The Hall–Kier alpha value is -0.445. The second kappa shape index (κ2) is 6.99. The summed E-state index contributed by atoms with van der Waals surface area (Å²) in [6, 6.07) is 7.49. The molecule has 4 heteroatoms. The molecular formula is C12H19BO2S. The first-order valence-electron chi connectivity index (χ1n) is 5.63. The zero-order valence-corrected chi connectivity index (χ0v) is 10.7. The molecule has 0 aliphatic rings. The van der Waals surface area contributed by atoms with E-state index in [2.05, 4.69) is 13.8 Å². The van der Waals surface area contributed by atoms with Crippen molar-refractivity contribution in [1.82, 2.24) is 0 Å². The summed E-state index contributed by atoms with van der Waals surface area (Å²) < 4.78 is 0. The van der Waals surface area contributed by atoms with Gasteiger partial charge in [-0.1, -0.05) is 38.1 Å². The lowest BCUT2D eigenvalue weighted by molar-refractivity contribution is 0.425. The largest absolute Gasteiger partial charge is 0.488 e. The van der Waals surface area contributed by atoms with Crippen molar-refractivity contribution in [3.05, 3.63) is 29.8 Å². The van der Waals surface area contributed by atoms with Crippen LogP contribution in [-0.2, 0) is 5.75 Å². The summed E-state index contributed by atoms with van der Waals surface area (Å²) in [4.78, 5) is 0. The Kier molecular flexibility index (Phi) is 5.95. The Morgan fingerprint density at radius 1 is 1.25 bits per heavy atom. The van der Waals surface area contributed by atoms with Crippen LogP contribution in [0.1, 0.15) is 25.8 Å². The Morgan fingerprint density at radius 3 is 2.56 bits per heavy atom. The van der Waals surface area contributed by atoms with Gasteiger partial charge < -0.3 is 10.0 Å². The Morgan fingerprint density at radius 2 is 1.94 bits per heavy atom. The quantitative estimate of drug-likeness (QED) is 0.584. The van der Waals surface area contributed by atoms with Crippen molar-refractivity contribution in [2.24, 2.45) is 5.92 Å². The molecule has 0 atom stereocenters. The van der Waals surface area contributed by atoms with Gasteiger partial charge in [0.1, 0.15) is 0 Å². The van der Waals surface area contributed by atoms with E-state index in [1.807, 2.05) is 30.0 Å². The van der Waals surface area contributed by atoms with Crippen molar-refractivity contribution in [3.63, 3.8) is 0 Å². The number of hydrogen-bond donors (Lipinski definition) is 2. The van der Waals surface area contributed by atoms with Gasteiger partial charge >= 0.3 is 7.12 Å². The molecule has 0 saturated carbocycles. The van der Waals surface area contributed by atoms with Crippen LogP contribution in [0.5, 0.6) is 0 Å². The van der Waals surface area contributed by atoms with E-state index in [-0.39, 0.29) is 0 Å². The monoisotopic (exact) mass is 238 g/mol. The molecule has 16 heavy (non-hydrogen) atoms. The molecule has 0 aliphatic carbocycles. The van der Waals surface area contributed by atoms with Gasteiger partial charge in [-0.05, 0) is 29.1 Å². The second-order valence-corrected chi connectivity index (χ2v) is 5.41. The van der Waals surface area contributed by atoms with E-state index in [0.29, 0.717) is 5.46 Å². The summed E-state index contributed by atoms with van der Waals surface area (Å²) in [6.07, 6.45) is 1.20. The van der Waals surface area contributed by atoms with Gasteiger partial charge in [-0.3, -0.25) is 0 Å². The van der Waals surface area contributed by atoms with Gasteiger partial charge in [0.15, 0.2) is 0 Å². The van der Waals surface area contributed by atoms with E-state index in [9.17, 15) is 10.0 Å². The van der Waals surface area contributed by atoms with E-state index in [4.69, 9.17) is 0 Å². The van der Waals surface area contributed by atoms with Crippen LogP contribution < -0.4 is 5.46 Å². The summed E-state index contributed by atoms with van der Waals surface area (Å²) in [5.41, 5.74) is 1.64. The predicted octanol–water partition coefficient (Wildman–Crippen LogP) is 1.65. The Bertz CT molecular complexity index is 316. The lowest BCUT2D eigenvalue weighted by atomic mass is 9.77. The van der Waals surface area contributed by atoms with E-state index in [1.54, 1.807) is 6.07 Å². The SMILES string of the molecule is CC(C)CCSCc1ccccc1B(O)O. The lowest BCUT2D eigenvalue weighted by Crippen LogP contribution is -2.32. The highest BCUT2D eigenvalue weighted by Crippen LogP contribution is 2.14. The number of hydrogen-bond acceptors (Lipinski definition) is 3. The molecule has 1 rings (SSSR count). The maximum atomic E-state index is 9.20. The van der Waals surface area contributed by atoms with Crippen LogP contribution in [0.15, 0.2) is 24.3 Å². The minimum absolute atomic E-state index is 0.625. The van der Waals surface area contributed by atoms with E-state index < -0.39 is 7.12 Å². The van der Waals surface area contributed by atoms with E-state index in [1.165, 1.54) is 6.42 Å². The van der Waals surface area contributed by atoms with Crippen molar-refractivity contribution in [3.8, 4) is 0 Å². The number of benzene rings is 1. The summed E-state index contributed by atoms with van der Waals surface area (Å²) >= 11 is 1.84. The van der Waals surface area contributed by atoms with Crippen LogP contribution in [0.25, 0.3) is 0 Å². The maximum absolute atomic E-state index is 9.20. The van der Waals surface area contributed by atoms with Crippen molar-refractivity contribution >= 4 is 24.3 Å². The fraction of sp³-hybridized carbons (Fsp3) is 0.500. The normalized spacial score (nSPS) is 10.8. The second-order valence-electron chi connectivity index (χ2n) is 4.31. The number of rotatable bonds is 6. The van der Waals surface area contributed by atoms with Gasteiger partial charge in [-0.2, -0.15) is 11.8 Å². The van der Waals surface area contributed by atoms with Gasteiger partial charge in [-0.15, -0.1) is 0 Å². The van der Waals surface area contributed by atoms with Crippen LogP contribution >= 0.6 is 11.8 Å². The third-order valence-electron chi connectivity index (χ3n) is 2.43. The molecule has 0 radical (unpaired) electrons. The van der Waals surface area contributed by atoms with Crippen LogP contribution in [-0.4, -0.2) is 22.9 Å². The smallest absolute Gasteiger partial charge is 0.423 e. The average Bonchev–Trinajstić information content (AvgIpc) is 2.24. The molecule has 0 saturated heterocycles. The van der Waals surface area contributed by atoms with E-state index >= 15 is 0 Å². The minimum Gasteiger partial charge on any atom is -0.423 e. The molecule has 1 aromatic carbocycles. The number of thioether (sulfide) groups is 1. The zero-order valence-electron chi connectivity index (χ0n) is 9.89. The van der Waals surface area contributed by atoms with Gasteiger partial charge in [0, 0.05) is 5.75 Å². The lowest BCUT2D eigenvalue weighted by Gasteiger charge is -2.09. The molecule has 2 nitrogen and oxygen atoms in total. The van der Waals surface area contributed by atoms with Crippen molar-refractivity contribution < 1.29 is 10.0 Å². The molecule has 0 heterocycles. The summed E-state index contributed by atoms with van der Waals surface area (Å²) in [7, 11) is -1.36. The third kappa shape index (κ3) is 4.60. The zero-order chi connectivity index (χ0) is 12.0. The molecule has 0 unspecified atom stereocenters. The molecule has 1 aromatic rings. The molecule has 2 N–H and O–H groups in total. The highest BCUT2D eigenvalue weighted by Gasteiger charge is 2.14. The fourth-order valence-corrected chi connectivity index (χ4v) is 2.68. The summed E-state index contributed by atoms with van der Waals surface area (Å²) in [5.74, 6) is 2.69. The summed E-state index contributed by atoms with van der Waals surface area (Å²) in [5, 5.41) is 18.4. The first-order valence-corrected chi connectivity index (χ1v) is 6.78. The minimum atomic E-state index is -1.36. The molecule has 88 valence electrons. The first-order chi connectivity index (χ1) is 7.61. The highest BCUT2D eigenvalue weighted by atomic mass is 32.2. The average molecular weight is 238 g/mol. The van der Waals surface area contributed by atoms with E-state index in [0.717, 1.165) is 23.0 Å². The Labute approximate surface area is 102 Å². The molecule has 0 spiro atoms. The van der Waals surface area contributed by atoms with Crippen molar-refractivity contribution in [2.75, 3.05) is 5.75 Å². The molecule has 0 amide bonds. The van der Waals surface area contributed by atoms with Crippen LogP contribution in [0.4, 0.5) is 0 Å². The van der Waals surface area contributed by atoms with Crippen molar-refractivity contribution in [1.29, 1.82) is 0 Å². The highest BCUT2D eigenvalue weighted by molar-refractivity contribution is 7.98. The standard InChI is InChI=1S/C12H19BO2S/c1-10(2)7-8-16-9-11-5-3-4-6-12(11)13(14)15/h3-6,10,14-15H,7-9H2,1-2H3. The molecule has 0 bridgehead atoms. The Balaban J connectivity index is 2.47. The van der Waals surface area contributed by atoms with Gasteiger partial charge in [0.05, 0.1) is 0 Å². The van der Waals surface area contributed by atoms with Gasteiger partial charge in [0.25, 0.3) is 0 Å². The van der Waals surface area contributed by atoms with Gasteiger partial charge in [-0.25, -0.2) is 0 Å². The maximum Gasteiger partial charge on any atom is 0.488 e. The van der Waals surface area contributed by atoms with Gasteiger partial charge in [0.2, 0.25) is 0 Å². The summed E-state index contributed by atoms with van der Waals surface area (Å²) in [6.45, 7) is 4.43. The topological polar surface area (TPSA) is 40.5 Å². The van der Waals surface area contributed by atoms with Crippen LogP contribution in [0, 0.1) is 5.92 Å². The molecule has 0 aliphatic heterocycles. The molecular weight excluding hydrogens is 219 g/mol. The van der Waals surface area contributed by atoms with Crippen LogP contribution in [0.3, 0.4) is 0 Å². The first kappa shape index (κ1) is 13.6.